The number of likely N-dealkylation sites (tertiary alicyclic amines) is 1. The van der Waals surface area contributed by atoms with E-state index in [9.17, 15) is 0 Å². The van der Waals surface area contributed by atoms with Crippen LogP contribution in [0, 0.1) is 0 Å². The van der Waals surface area contributed by atoms with Crippen LogP contribution in [-0.4, -0.2) is 84.8 Å². The van der Waals surface area contributed by atoms with Gasteiger partial charge in [-0.05, 0) is 74.0 Å². The SMILES string of the molecule is CC(C)(C)N1CCC2(CC1)NCCCO2.CC(C)(C)N1CCCOC12CCNCC2. The van der Waals surface area contributed by atoms with E-state index in [0.29, 0.717) is 5.54 Å². The van der Waals surface area contributed by atoms with Gasteiger partial charge in [-0.25, -0.2) is 0 Å². The maximum Gasteiger partial charge on any atom is 0.124 e. The summed E-state index contributed by atoms with van der Waals surface area (Å²) in [6.07, 6.45) is 6.85. The number of hydrogen-bond acceptors (Lipinski definition) is 6. The molecule has 30 heavy (non-hydrogen) atoms. The molecule has 6 heteroatoms. The van der Waals surface area contributed by atoms with Gasteiger partial charge in [-0.3, -0.25) is 15.1 Å². The molecule has 0 unspecified atom stereocenters. The van der Waals surface area contributed by atoms with Gasteiger partial charge in [0, 0.05) is 56.4 Å². The van der Waals surface area contributed by atoms with E-state index in [0.717, 1.165) is 78.0 Å². The molecule has 4 heterocycles. The lowest BCUT2D eigenvalue weighted by molar-refractivity contribution is -0.225. The Kier molecular flexibility index (Phi) is 7.90. The van der Waals surface area contributed by atoms with Crippen molar-refractivity contribution < 1.29 is 9.47 Å². The summed E-state index contributed by atoms with van der Waals surface area (Å²) in [4.78, 5) is 5.13. The number of piperidine rings is 2. The number of nitrogens with one attached hydrogen (secondary N) is 2. The number of ether oxygens (including phenoxy) is 2. The van der Waals surface area contributed by atoms with Crippen LogP contribution >= 0.6 is 0 Å². The van der Waals surface area contributed by atoms with Crippen LogP contribution in [0.4, 0.5) is 0 Å². The summed E-state index contributed by atoms with van der Waals surface area (Å²) in [6, 6.07) is 0. The van der Waals surface area contributed by atoms with Crippen molar-refractivity contribution in [2.24, 2.45) is 0 Å². The Balaban J connectivity index is 0.000000171. The first kappa shape index (κ1) is 24.4. The van der Waals surface area contributed by atoms with Crippen molar-refractivity contribution in [2.75, 3.05) is 52.5 Å². The molecule has 4 rings (SSSR count). The van der Waals surface area contributed by atoms with Gasteiger partial charge in [0.15, 0.2) is 0 Å². The summed E-state index contributed by atoms with van der Waals surface area (Å²) < 4.78 is 12.1. The van der Waals surface area contributed by atoms with Gasteiger partial charge in [0.05, 0.1) is 13.2 Å². The lowest BCUT2D eigenvalue weighted by Crippen LogP contribution is -2.64. The van der Waals surface area contributed by atoms with E-state index in [4.69, 9.17) is 9.47 Å². The van der Waals surface area contributed by atoms with Crippen molar-refractivity contribution in [1.82, 2.24) is 20.4 Å². The van der Waals surface area contributed by atoms with Crippen molar-refractivity contribution in [3.05, 3.63) is 0 Å². The number of rotatable bonds is 0. The molecular weight excluding hydrogens is 376 g/mol. The van der Waals surface area contributed by atoms with Crippen molar-refractivity contribution in [1.29, 1.82) is 0 Å². The third-order valence-electron chi connectivity index (χ3n) is 7.25. The molecule has 0 atom stereocenters. The number of hydrogen-bond donors (Lipinski definition) is 2. The topological polar surface area (TPSA) is 49.0 Å². The molecule has 0 aromatic rings. The first-order valence-corrected chi connectivity index (χ1v) is 12.3. The Morgan fingerprint density at radius 3 is 1.87 bits per heavy atom. The van der Waals surface area contributed by atoms with Gasteiger partial charge < -0.3 is 14.8 Å². The molecule has 0 aromatic heterocycles. The molecule has 0 aromatic carbocycles. The molecule has 0 radical (unpaired) electrons. The highest BCUT2D eigenvalue weighted by Crippen LogP contribution is 2.36. The first-order valence-electron chi connectivity index (χ1n) is 12.3. The fourth-order valence-electron chi connectivity index (χ4n) is 5.51. The summed E-state index contributed by atoms with van der Waals surface area (Å²) in [5.74, 6) is 0. The molecule has 0 bridgehead atoms. The minimum absolute atomic E-state index is 0.0139. The lowest BCUT2D eigenvalue weighted by Gasteiger charge is -2.54. The summed E-state index contributed by atoms with van der Waals surface area (Å²) in [6.45, 7) is 22.4. The molecule has 2 N–H and O–H groups in total. The smallest absolute Gasteiger partial charge is 0.124 e. The van der Waals surface area contributed by atoms with Gasteiger partial charge in [0.25, 0.3) is 0 Å². The first-order chi connectivity index (χ1) is 14.1. The highest BCUT2D eigenvalue weighted by molar-refractivity contribution is 4.95. The van der Waals surface area contributed by atoms with Crippen LogP contribution in [0.1, 0.15) is 80.1 Å². The van der Waals surface area contributed by atoms with Crippen LogP contribution in [0.3, 0.4) is 0 Å². The normalized spacial score (nSPS) is 28.2. The van der Waals surface area contributed by atoms with Crippen molar-refractivity contribution in [2.45, 2.75) is 103 Å². The third-order valence-corrected chi connectivity index (χ3v) is 7.25. The van der Waals surface area contributed by atoms with E-state index >= 15 is 0 Å². The predicted octanol–water partition coefficient (Wildman–Crippen LogP) is 3.17. The highest BCUT2D eigenvalue weighted by Gasteiger charge is 2.45. The molecule has 2 spiro atoms. The predicted molar refractivity (Wildman–Crippen MR) is 124 cm³/mol. The fourth-order valence-corrected chi connectivity index (χ4v) is 5.51. The molecule has 4 aliphatic rings. The minimum atomic E-state index is 0.0139. The van der Waals surface area contributed by atoms with Gasteiger partial charge in [0.1, 0.15) is 11.4 Å². The zero-order valence-electron chi connectivity index (χ0n) is 20.6. The second-order valence-corrected chi connectivity index (χ2v) is 11.5. The van der Waals surface area contributed by atoms with Gasteiger partial charge in [0.2, 0.25) is 0 Å². The van der Waals surface area contributed by atoms with Crippen LogP contribution < -0.4 is 10.6 Å². The molecular formula is C24H48N4O2. The van der Waals surface area contributed by atoms with Crippen LogP contribution in [0.25, 0.3) is 0 Å². The third kappa shape index (κ3) is 5.96. The quantitative estimate of drug-likeness (QED) is 0.623. The molecule has 4 aliphatic heterocycles. The van der Waals surface area contributed by atoms with Crippen molar-refractivity contribution >= 4 is 0 Å². The van der Waals surface area contributed by atoms with Gasteiger partial charge >= 0.3 is 0 Å². The van der Waals surface area contributed by atoms with Crippen molar-refractivity contribution in [3.8, 4) is 0 Å². The van der Waals surface area contributed by atoms with Crippen LogP contribution in [0.2, 0.25) is 0 Å². The number of nitrogens with zero attached hydrogens (tertiary/aromatic N) is 2. The summed E-state index contributed by atoms with van der Waals surface area (Å²) in [5, 5.41) is 6.98. The van der Waals surface area contributed by atoms with E-state index in [1.807, 2.05) is 0 Å². The Morgan fingerprint density at radius 1 is 0.700 bits per heavy atom. The Bertz CT molecular complexity index is 510. The van der Waals surface area contributed by atoms with Crippen molar-refractivity contribution in [3.63, 3.8) is 0 Å². The zero-order valence-corrected chi connectivity index (χ0v) is 20.6. The maximum absolute atomic E-state index is 6.13. The van der Waals surface area contributed by atoms with Crippen LogP contribution in [0.5, 0.6) is 0 Å². The Hall–Kier alpha value is -0.240. The molecule has 0 saturated carbocycles. The molecule has 0 aliphatic carbocycles. The summed E-state index contributed by atoms with van der Waals surface area (Å²) in [5.41, 5.74) is 0.565. The second-order valence-electron chi connectivity index (χ2n) is 11.5. The van der Waals surface area contributed by atoms with E-state index in [1.54, 1.807) is 0 Å². The minimum Gasteiger partial charge on any atom is -0.360 e. The average Bonchev–Trinajstić information content (AvgIpc) is 2.69. The zero-order chi connectivity index (χ0) is 21.9. The van der Waals surface area contributed by atoms with Crippen LogP contribution in [0.15, 0.2) is 0 Å². The largest absolute Gasteiger partial charge is 0.360 e. The average molecular weight is 425 g/mol. The van der Waals surface area contributed by atoms with E-state index in [-0.39, 0.29) is 17.0 Å². The molecule has 4 fully saturated rings. The molecule has 176 valence electrons. The van der Waals surface area contributed by atoms with Gasteiger partial charge in [-0.2, -0.15) is 0 Å². The molecule has 4 saturated heterocycles. The molecule has 6 nitrogen and oxygen atoms in total. The maximum atomic E-state index is 6.13. The summed E-state index contributed by atoms with van der Waals surface area (Å²) in [7, 11) is 0. The molecule has 0 amide bonds. The fraction of sp³-hybridized carbons (Fsp3) is 1.00. The van der Waals surface area contributed by atoms with Gasteiger partial charge in [-0.1, -0.05) is 0 Å². The van der Waals surface area contributed by atoms with Gasteiger partial charge in [-0.15, -0.1) is 0 Å². The monoisotopic (exact) mass is 424 g/mol. The van der Waals surface area contributed by atoms with E-state index < -0.39 is 0 Å². The Morgan fingerprint density at radius 2 is 1.33 bits per heavy atom. The van der Waals surface area contributed by atoms with E-state index in [1.165, 1.54) is 13.0 Å². The van der Waals surface area contributed by atoms with Crippen LogP contribution in [-0.2, 0) is 9.47 Å². The standard InChI is InChI=1S/2C12H24N2O/c1-11(2,3)14-9-4-10-15-12(14)5-7-13-8-6-12;1-11(2,3)14-8-5-12(6-9-14)13-7-4-10-15-12/h2*13H,4-10H2,1-3H3. The Labute approximate surface area is 185 Å². The highest BCUT2D eigenvalue weighted by atomic mass is 16.5. The lowest BCUT2D eigenvalue weighted by atomic mass is 9.91. The van der Waals surface area contributed by atoms with E-state index in [2.05, 4.69) is 62.0 Å². The summed E-state index contributed by atoms with van der Waals surface area (Å²) >= 11 is 0. The second kappa shape index (κ2) is 9.72.